The van der Waals surface area contributed by atoms with E-state index < -0.39 is 0 Å². The van der Waals surface area contributed by atoms with Gasteiger partial charge in [-0.15, -0.1) is 11.3 Å². The number of allylic oxidation sites excluding steroid dienone is 2. The molecule has 0 aliphatic carbocycles. The molecule has 3 heterocycles. The normalized spacial score (nSPS) is 14.3. The molecule has 7 rings (SSSR count). The second kappa shape index (κ2) is 10.2. The summed E-state index contributed by atoms with van der Waals surface area (Å²) < 4.78 is 2.50. The van der Waals surface area contributed by atoms with Crippen molar-refractivity contribution in [3.8, 4) is 45.5 Å². The monoisotopic (exact) mass is 542 g/mol. The van der Waals surface area contributed by atoms with Gasteiger partial charge >= 0.3 is 0 Å². The number of pyridine rings is 1. The van der Waals surface area contributed by atoms with Crippen molar-refractivity contribution in [1.29, 1.82) is 10.5 Å². The maximum atomic E-state index is 9.31. The van der Waals surface area contributed by atoms with Crippen LogP contribution in [0.25, 0.3) is 59.1 Å². The molecule has 2 aromatic heterocycles. The highest BCUT2D eigenvalue weighted by Crippen LogP contribution is 2.39. The lowest BCUT2D eigenvalue weighted by molar-refractivity contribution is 0.844. The van der Waals surface area contributed by atoms with Crippen LogP contribution < -0.4 is 5.32 Å². The van der Waals surface area contributed by atoms with Gasteiger partial charge in [-0.05, 0) is 99.3 Å². The number of fused-ring (bicyclic) bond motifs is 3. The number of thiophene rings is 1. The third kappa shape index (κ3) is 4.66. The molecule has 41 heavy (non-hydrogen) atoms. The Morgan fingerprint density at radius 3 is 1.88 bits per heavy atom. The average molecular weight is 543 g/mol. The molecule has 0 spiro atoms. The fourth-order valence-electron chi connectivity index (χ4n) is 5.36. The van der Waals surface area contributed by atoms with Gasteiger partial charge in [0.25, 0.3) is 0 Å². The summed E-state index contributed by atoms with van der Waals surface area (Å²) in [6.07, 6.45) is 7.49. The van der Waals surface area contributed by atoms with Crippen LogP contribution in [0.3, 0.4) is 0 Å². The fourth-order valence-corrected chi connectivity index (χ4v) is 6.54. The molecule has 0 saturated carbocycles. The Hall–Kier alpha value is -5.49. The van der Waals surface area contributed by atoms with Gasteiger partial charge in [0.1, 0.15) is 17.8 Å². The molecule has 0 amide bonds. The number of nitriles is 2. The molecular formula is C36H22N4S. The lowest BCUT2D eigenvalue weighted by Gasteiger charge is -2.14. The maximum Gasteiger partial charge on any atom is 0.141 e. The zero-order valence-corrected chi connectivity index (χ0v) is 22.7. The topological polar surface area (TPSA) is 72.5 Å². The van der Waals surface area contributed by atoms with E-state index in [-0.39, 0.29) is 6.04 Å². The van der Waals surface area contributed by atoms with Crippen LogP contribution in [0.15, 0.2) is 122 Å². The summed E-state index contributed by atoms with van der Waals surface area (Å²) in [4.78, 5) is 4.10. The molecule has 4 aromatic carbocycles. The molecule has 192 valence electrons. The number of dihydropyridines is 1. The van der Waals surface area contributed by atoms with Gasteiger partial charge in [-0.2, -0.15) is 10.5 Å². The Balaban J connectivity index is 1.24. The van der Waals surface area contributed by atoms with Gasteiger partial charge in [-0.3, -0.25) is 0 Å². The summed E-state index contributed by atoms with van der Waals surface area (Å²) in [6, 6.07) is 38.1. The number of nitrogens with zero attached hydrogens (tertiary/aromatic N) is 3. The first-order valence-corrected chi connectivity index (χ1v) is 14.1. The molecule has 1 N–H and O–H groups in total. The van der Waals surface area contributed by atoms with Crippen LogP contribution in [0.5, 0.6) is 0 Å². The minimum absolute atomic E-state index is 0.312. The molecular weight excluding hydrogens is 520 g/mol. The number of hydrogen-bond donors (Lipinski definition) is 1. The summed E-state index contributed by atoms with van der Waals surface area (Å²) in [7, 11) is 0. The van der Waals surface area contributed by atoms with Gasteiger partial charge in [-0.25, -0.2) is 4.98 Å². The summed E-state index contributed by atoms with van der Waals surface area (Å²) in [5.41, 5.74) is 9.21. The van der Waals surface area contributed by atoms with Gasteiger partial charge in [0.15, 0.2) is 0 Å². The van der Waals surface area contributed by atoms with Crippen LogP contribution in [-0.2, 0) is 0 Å². The van der Waals surface area contributed by atoms with E-state index in [1.165, 1.54) is 25.7 Å². The average Bonchev–Trinajstić information content (AvgIpc) is 3.42. The molecule has 1 atom stereocenters. The standard InChI is InChI=1S/C36H22N4S/c37-21-31-17-29(11-13-39-31)25-5-1-3-23(15-25)27-7-9-33-34-10-8-28(20-36(34)41-35(33)19-27)24-4-2-6-26(16-24)30-12-14-40-32(18-30)22-38/h1-20,31,39H. The van der Waals surface area contributed by atoms with E-state index in [4.69, 9.17) is 0 Å². The van der Waals surface area contributed by atoms with Crippen LogP contribution >= 0.6 is 11.3 Å². The number of hydrogen-bond acceptors (Lipinski definition) is 5. The van der Waals surface area contributed by atoms with E-state index in [0.717, 1.165) is 39.0 Å². The molecule has 1 aliphatic heterocycles. The molecule has 0 saturated heterocycles. The Bertz CT molecular complexity index is 2120. The SMILES string of the molecule is N#Cc1cc(-c2cccc(-c3ccc4c(c3)sc3cc(-c5cccc(C6=CC(C#N)NC=C6)c5)ccc34)c2)ccn1. The summed E-state index contributed by atoms with van der Waals surface area (Å²) >= 11 is 1.81. The Morgan fingerprint density at radius 1 is 0.659 bits per heavy atom. The molecule has 1 unspecified atom stereocenters. The number of nitrogens with one attached hydrogen (secondary N) is 1. The fraction of sp³-hybridized carbons (Fsp3) is 0.0278. The molecule has 6 aromatic rings. The minimum Gasteiger partial charge on any atom is -0.373 e. The zero-order valence-electron chi connectivity index (χ0n) is 21.9. The zero-order chi connectivity index (χ0) is 27.8. The van der Waals surface area contributed by atoms with Crippen molar-refractivity contribution in [3.63, 3.8) is 0 Å². The second-order valence-corrected chi connectivity index (χ2v) is 11.0. The Morgan fingerprint density at radius 2 is 1.24 bits per heavy atom. The first-order chi connectivity index (χ1) is 20.2. The number of benzene rings is 4. The highest BCUT2D eigenvalue weighted by atomic mass is 32.1. The van der Waals surface area contributed by atoms with Crippen LogP contribution in [0, 0.1) is 22.7 Å². The van der Waals surface area contributed by atoms with Crippen molar-refractivity contribution in [2.75, 3.05) is 0 Å². The smallest absolute Gasteiger partial charge is 0.141 e. The largest absolute Gasteiger partial charge is 0.373 e. The van der Waals surface area contributed by atoms with E-state index in [9.17, 15) is 10.5 Å². The van der Waals surface area contributed by atoms with E-state index in [1.807, 2.05) is 41.8 Å². The predicted molar refractivity (Wildman–Crippen MR) is 168 cm³/mol. The maximum absolute atomic E-state index is 9.31. The van der Waals surface area contributed by atoms with Crippen LogP contribution in [0.2, 0.25) is 0 Å². The van der Waals surface area contributed by atoms with E-state index >= 15 is 0 Å². The van der Waals surface area contributed by atoms with Gasteiger partial charge in [0.2, 0.25) is 0 Å². The highest BCUT2D eigenvalue weighted by Gasteiger charge is 2.12. The van der Waals surface area contributed by atoms with Crippen LogP contribution in [0.4, 0.5) is 0 Å². The van der Waals surface area contributed by atoms with Crippen molar-refractivity contribution < 1.29 is 0 Å². The minimum atomic E-state index is -0.312. The quantitative estimate of drug-likeness (QED) is 0.242. The van der Waals surface area contributed by atoms with E-state index in [1.54, 1.807) is 6.20 Å². The Labute approximate surface area is 241 Å². The molecule has 5 heteroatoms. The van der Waals surface area contributed by atoms with Crippen molar-refractivity contribution in [3.05, 3.63) is 133 Å². The highest BCUT2D eigenvalue weighted by molar-refractivity contribution is 7.25. The van der Waals surface area contributed by atoms with Crippen molar-refractivity contribution in [1.82, 2.24) is 10.3 Å². The lowest BCUT2D eigenvalue weighted by atomic mass is 9.96. The predicted octanol–water partition coefficient (Wildman–Crippen LogP) is 8.71. The van der Waals surface area contributed by atoms with Crippen molar-refractivity contribution in [2.45, 2.75) is 6.04 Å². The molecule has 1 aliphatic rings. The third-order valence-electron chi connectivity index (χ3n) is 7.43. The van der Waals surface area contributed by atoms with Gasteiger partial charge in [-0.1, -0.05) is 60.7 Å². The number of aromatic nitrogens is 1. The first kappa shape index (κ1) is 24.5. The van der Waals surface area contributed by atoms with Gasteiger partial charge in [0, 0.05) is 26.4 Å². The lowest BCUT2D eigenvalue weighted by Crippen LogP contribution is -2.22. The summed E-state index contributed by atoms with van der Waals surface area (Å²) in [5, 5.41) is 24.1. The summed E-state index contributed by atoms with van der Waals surface area (Å²) in [6.45, 7) is 0. The first-order valence-electron chi connectivity index (χ1n) is 13.3. The van der Waals surface area contributed by atoms with Gasteiger partial charge in [0.05, 0.1) is 6.07 Å². The Kier molecular flexibility index (Phi) is 6.13. The number of rotatable bonds is 4. The molecule has 0 bridgehead atoms. The second-order valence-electron chi connectivity index (χ2n) is 9.96. The summed E-state index contributed by atoms with van der Waals surface area (Å²) in [5.74, 6) is 0. The van der Waals surface area contributed by atoms with Crippen LogP contribution in [-0.4, -0.2) is 11.0 Å². The third-order valence-corrected chi connectivity index (χ3v) is 8.55. The van der Waals surface area contributed by atoms with Crippen molar-refractivity contribution >= 4 is 37.1 Å². The molecule has 0 radical (unpaired) electrons. The van der Waals surface area contributed by atoms with Gasteiger partial charge < -0.3 is 5.32 Å². The van der Waals surface area contributed by atoms with Crippen molar-refractivity contribution in [2.24, 2.45) is 0 Å². The van der Waals surface area contributed by atoms with E-state index in [2.05, 4.69) is 107 Å². The molecule has 4 nitrogen and oxygen atoms in total. The van der Waals surface area contributed by atoms with Crippen LogP contribution in [0.1, 0.15) is 11.3 Å². The van der Waals surface area contributed by atoms with E-state index in [0.29, 0.717) is 5.69 Å². The molecule has 0 fully saturated rings.